The molecule has 0 bridgehead atoms. The van der Waals surface area contributed by atoms with E-state index in [-0.39, 0.29) is 23.4 Å². The Hall–Kier alpha value is -2.04. The maximum Gasteiger partial charge on any atom is 0.335 e. The number of carbonyl (C=O) groups is 2. The van der Waals surface area contributed by atoms with Crippen molar-refractivity contribution < 1.29 is 44.6 Å². The zero-order valence-electron chi connectivity index (χ0n) is 18.3. The molecule has 3 aliphatic carbocycles. The van der Waals surface area contributed by atoms with Crippen LogP contribution in [0.25, 0.3) is 0 Å². The van der Waals surface area contributed by atoms with Gasteiger partial charge >= 0.3 is 5.97 Å². The molecule has 33 heavy (non-hydrogen) atoms. The van der Waals surface area contributed by atoms with Crippen molar-refractivity contribution in [3.05, 3.63) is 29.3 Å². The zero-order chi connectivity index (χ0) is 23.7. The van der Waals surface area contributed by atoms with Crippen LogP contribution in [0.1, 0.15) is 49.7 Å². The molecule has 1 aromatic rings. The molecule has 0 spiro atoms. The summed E-state index contributed by atoms with van der Waals surface area (Å²) in [6.45, 7) is 1.96. The average molecular weight is 462 g/mol. The van der Waals surface area contributed by atoms with E-state index < -0.39 is 48.2 Å². The lowest BCUT2D eigenvalue weighted by Crippen LogP contribution is -2.61. The second-order valence-corrected chi connectivity index (χ2v) is 10.2. The van der Waals surface area contributed by atoms with Crippen LogP contribution in [0.15, 0.2) is 18.2 Å². The number of ketones is 1. The molecule has 3 fully saturated rings. The van der Waals surface area contributed by atoms with Crippen LogP contribution < -0.4 is 0 Å². The zero-order valence-corrected chi connectivity index (χ0v) is 18.3. The number of aliphatic carboxylic acids is 1. The minimum absolute atomic E-state index is 0.0576. The highest BCUT2D eigenvalue weighted by Gasteiger charge is 2.60. The molecule has 10 atom stereocenters. The number of carboxylic acid groups (broad SMARTS) is 1. The number of carboxylic acids is 1. The number of fused-ring (bicyclic) bond motifs is 5. The molecule has 0 unspecified atom stereocenters. The third-order valence-corrected chi connectivity index (χ3v) is 8.53. The number of hydrogen-bond acceptors (Lipinski definition) is 8. The summed E-state index contributed by atoms with van der Waals surface area (Å²) in [5.41, 5.74) is 1.79. The Kier molecular flexibility index (Phi) is 5.53. The first kappa shape index (κ1) is 22.7. The summed E-state index contributed by atoms with van der Waals surface area (Å²) in [6.07, 6.45) is -5.76. The van der Waals surface area contributed by atoms with Crippen LogP contribution in [0, 0.1) is 17.3 Å². The summed E-state index contributed by atoms with van der Waals surface area (Å²) in [7, 11) is 0. The number of hydrogen-bond donors (Lipinski definition) is 5. The van der Waals surface area contributed by atoms with E-state index in [1.807, 2.05) is 19.1 Å². The SMILES string of the molecule is C[C@]12CC[C@@H]3c4ccc(O)cc4CC[C@H]3[C@@H]1C[C@H](O[C@@H]1O[C@H](C(=O)O)[C@@H](O)[C@H](O)[C@H]1O)C2=O. The lowest BCUT2D eigenvalue weighted by Gasteiger charge is -2.48. The molecule has 0 amide bonds. The van der Waals surface area contributed by atoms with E-state index in [1.54, 1.807) is 6.07 Å². The third kappa shape index (κ3) is 3.49. The molecule has 4 aliphatic rings. The molecule has 5 N–H and O–H groups in total. The number of aliphatic hydroxyl groups excluding tert-OH is 3. The standard InChI is InChI=1S/C24H30O9/c1-24-7-6-13-12-5-3-11(25)8-10(12)2-4-14(13)15(24)9-16(21(24)29)32-23-19(28)17(26)18(27)20(33-23)22(30)31/h3,5,8,13-20,23,25-28H,2,4,6-7,9H2,1H3,(H,30,31)/t13-,14-,15+,16+,17+,18+,19-,20+,23-,24+/m1/s1. The fourth-order valence-corrected chi connectivity index (χ4v) is 6.78. The number of ether oxygens (including phenoxy) is 2. The number of rotatable bonds is 3. The number of aromatic hydroxyl groups is 1. The molecule has 0 radical (unpaired) electrons. The summed E-state index contributed by atoms with van der Waals surface area (Å²) in [6, 6.07) is 5.52. The van der Waals surface area contributed by atoms with Crippen LogP contribution in [0.4, 0.5) is 0 Å². The minimum Gasteiger partial charge on any atom is -0.508 e. The quantitative estimate of drug-likeness (QED) is 0.437. The van der Waals surface area contributed by atoms with E-state index >= 15 is 0 Å². The summed E-state index contributed by atoms with van der Waals surface area (Å²) >= 11 is 0. The van der Waals surface area contributed by atoms with Crippen molar-refractivity contribution in [1.82, 2.24) is 0 Å². The second kappa shape index (κ2) is 8.02. The van der Waals surface area contributed by atoms with E-state index in [4.69, 9.17) is 9.47 Å². The first-order valence-corrected chi connectivity index (χ1v) is 11.6. The van der Waals surface area contributed by atoms with E-state index in [1.165, 1.54) is 5.56 Å². The highest BCUT2D eigenvalue weighted by molar-refractivity contribution is 5.91. The largest absolute Gasteiger partial charge is 0.508 e. The lowest BCUT2D eigenvalue weighted by atomic mass is 9.55. The summed E-state index contributed by atoms with van der Waals surface area (Å²) in [5.74, 6) is -0.697. The van der Waals surface area contributed by atoms with Gasteiger partial charge in [0.2, 0.25) is 0 Å². The molecule has 1 aliphatic heterocycles. The van der Waals surface area contributed by atoms with Crippen LogP contribution >= 0.6 is 0 Å². The van der Waals surface area contributed by atoms with Crippen molar-refractivity contribution in [3.8, 4) is 5.75 Å². The maximum absolute atomic E-state index is 13.4. The first-order chi connectivity index (χ1) is 15.6. The van der Waals surface area contributed by atoms with Gasteiger partial charge in [-0.3, -0.25) is 4.79 Å². The van der Waals surface area contributed by atoms with Crippen LogP contribution in [-0.4, -0.2) is 74.1 Å². The minimum atomic E-state index is -1.81. The molecule has 1 saturated heterocycles. The fraction of sp³-hybridized carbons (Fsp3) is 0.667. The monoisotopic (exact) mass is 462 g/mol. The van der Waals surface area contributed by atoms with Crippen molar-refractivity contribution in [2.75, 3.05) is 0 Å². The van der Waals surface area contributed by atoms with Gasteiger partial charge in [-0.1, -0.05) is 13.0 Å². The molecular formula is C24H30O9. The van der Waals surface area contributed by atoms with Gasteiger partial charge in [0.05, 0.1) is 0 Å². The van der Waals surface area contributed by atoms with Gasteiger partial charge in [-0.15, -0.1) is 0 Å². The highest BCUT2D eigenvalue weighted by Crippen LogP contribution is 2.60. The Morgan fingerprint density at radius 3 is 2.64 bits per heavy atom. The van der Waals surface area contributed by atoms with Gasteiger partial charge in [0.1, 0.15) is 30.2 Å². The topological polar surface area (TPSA) is 154 Å². The maximum atomic E-state index is 13.4. The van der Waals surface area contributed by atoms with Crippen molar-refractivity contribution >= 4 is 11.8 Å². The van der Waals surface area contributed by atoms with E-state index in [9.17, 15) is 35.1 Å². The second-order valence-electron chi connectivity index (χ2n) is 10.2. The number of aliphatic hydroxyl groups is 3. The molecule has 0 aromatic heterocycles. The summed E-state index contributed by atoms with van der Waals surface area (Å²) < 4.78 is 11.1. The summed E-state index contributed by atoms with van der Waals surface area (Å²) in [4.78, 5) is 24.8. The molecule has 9 nitrogen and oxygen atoms in total. The van der Waals surface area contributed by atoms with Crippen molar-refractivity contribution in [2.45, 2.75) is 81.8 Å². The highest BCUT2D eigenvalue weighted by atomic mass is 16.7. The Morgan fingerprint density at radius 2 is 1.91 bits per heavy atom. The number of carbonyl (C=O) groups excluding carboxylic acids is 1. The van der Waals surface area contributed by atoms with E-state index in [0.717, 1.165) is 24.8 Å². The molecule has 1 heterocycles. The van der Waals surface area contributed by atoms with Crippen LogP contribution in [-0.2, 0) is 25.5 Å². The van der Waals surface area contributed by atoms with Crippen LogP contribution in [0.3, 0.4) is 0 Å². The Labute approximate surface area is 190 Å². The van der Waals surface area contributed by atoms with Gasteiger partial charge in [0.15, 0.2) is 18.2 Å². The fourth-order valence-electron chi connectivity index (χ4n) is 6.78. The molecule has 180 valence electrons. The van der Waals surface area contributed by atoms with Gasteiger partial charge in [-0.05, 0) is 73.1 Å². The number of aryl methyl sites for hydroxylation is 1. The summed E-state index contributed by atoms with van der Waals surface area (Å²) in [5, 5.41) is 49.4. The average Bonchev–Trinajstić information content (AvgIpc) is 3.03. The van der Waals surface area contributed by atoms with Crippen molar-refractivity contribution in [3.63, 3.8) is 0 Å². The third-order valence-electron chi connectivity index (χ3n) is 8.53. The molecule has 5 rings (SSSR count). The number of phenols is 1. The van der Waals surface area contributed by atoms with E-state index in [2.05, 4.69) is 0 Å². The predicted molar refractivity (Wildman–Crippen MR) is 112 cm³/mol. The van der Waals surface area contributed by atoms with E-state index in [0.29, 0.717) is 18.8 Å². The normalized spacial score (nSPS) is 44.6. The van der Waals surface area contributed by atoms with Gasteiger partial charge < -0.3 is 35.0 Å². The molecule has 2 saturated carbocycles. The predicted octanol–water partition coefficient (Wildman–Crippen LogP) is 0.705. The molecule has 9 heteroatoms. The van der Waals surface area contributed by atoms with Crippen LogP contribution in [0.5, 0.6) is 5.75 Å². The van der Waals surface area contributed by atoms with Crippen molar-refractivity contribution in [2.24, 2.45) is 17.3 Å². The van der Waals surface area contributed by atoms with Crippen LogP contribution in [0.2, 0.25) is 0 Å². The van der Waals surface area contributed by atoms with Crippen molar-refractivity contribution in [1.29, 1.82) is 0 Å². The smallest absolute Gasteiger partial charge is 0.335 e. The number of benzene rings is 1. The Morgan fingerprint density at radius 1 is 1.15 bits per heavy atom. The van der Waals surface area contributed by atoms with Gasteiger partial charge in [0.25, 0.3) is 0 Å². The Balaban J connectivity index is 1.36. The molecule has 1 aromatic carbocycles. The van der Waals surface area contributed by atoms with Gasteiger partial charge in [-0.25, -0.2) is 4.79 Å². The first-order valence-electron chi connectivity index (χ1n) is 11.6. The number of phenolic OH excluding ortho intramolecular Hbond substituents is 1. The van der Waals surface area contributed by atoms with Gasteiger partial charge in [-0.2, -0.15) is 0 Å². The number of Topliss-reactive ketones (excluding diaryl/α,β-unsaturated/α-hetero) is 1. The van der Waals surface area contributed by atoms with Gasteiger partial charge in [0, 0.05) is 5.41 Å². The lowest BCUT2D eigenvalue weighted by molar-refractivity contribution is -0.301. The molecular weight excluding hydrogens is 432 g/mol. The Bertz CT molecular complexity index is 963.